The van der Waals surface area contributed by atoms with E-state index < -0.39 is 20.2 Å². The van der Waals surface area contributed by atoms with Gasteiger partial charge in [0.05, 0.1) is 18.0 Å². The largest absolute Gasteiger partial charge is 1.00 e. The molecule has 0 atom stereocenters. The first kappa shape index (κ1) is 18.8. The molecule has 0 amide bonds. The molecule has 0 radical (unpaired) electrons. The zero-order valence-corrected chi connectivity index (χ0v) is 13.8. The SMILES string of the molecule is CCn1c(C)[n+](CC)c2ccc(S(=O)(=O)C(F)(F)F)cc21.[Cl-]. The number of aryl methyl sites for hydroxylation is 2. The number of sulfone groups is 1. The van der Waals surface area contributed by atoms with E-state index in [9.17, 15) is 21.6 Å². The number of benzene rings is 1. The molecule has 0 aliphatic rings. The first-order valence-corrected chi connectivity index (χ1v) is 7.97. The molecule has 0 saturated carbocycles. The van der Waals surface area contributed by atoms with Crippen LogP contribution in [-0.4, -0.2) is 18.5 Å². The Labute approximate surface area is 132 Å². The summed E-state index contributed by atoms with van der Waals surface area (Å²) < 4.78 is 64.7. The molecule has 4 nitrogen and oxygen atoms in total. The molecule has 0 unspecified atom stereocenters. The molecule has 1 heterocycles. The van der Waals surface area contributed by atoms with Gasteiger partial charge in [-0.2, -0.15) is 13.2 Å². The molecule has 22 heavy (non-hydrogen) atoms. The molecule has 124 valence electrons. The maximum atomic E-state index is 12.7. The van der Waals surface area contributed by atoms with Crippen LogP contribution in [0.5, 0.6) is 0 Å². The summed E-state index contributed by atoms with van der Waals surface area (Å²) in [4.78, 5) is -0.724. The predicted octanol–water partition coefficient (Wildman–Crippen LogP) is -0.425. The number of halogens is 4. The Morgan fingerprint density at radius 2 is 1.82 bits per heavy atom. The average molecular weight is 357 g/mol. The monoisotopic (exact) mass is 356 g/mol. The molecule has 0 N–H and O–H groups in total. The Balaban J connectivity index is 0.00000242. The van der Waals surface area contributed by atoms with Crippen molar-refractivity contribution < 1.29 is 38.6 Å². The molecular formula is C13H16ClF3N2O2S. The van der Waals surface area contributed by atoms with Gasteiger partial charge in [-0.1, -0.05) is 0 Å². The second-order valence-electron chi connectivity index (χ2n) is 4.64. The Hall–Kier alpha value is -1.28. The number of alkyl halides is 3. The summed E-state index contributed by atoms with van der Waals surface area (Å²) >= 11 is 0. The molecule has 0 bridgehead atoms. The maximum absolute atomic E-state index is 12.7. The van der Waals surface area contributed by atoms with Crippen LogP contribution in [-0.2, 0) is 22.9 Å². The zero-order valence-electron chi connectivity index (χ0n) is 12.3. The van der Waals surface area contributed by atoms with Crippen molar-refractivity contribution in [2.24, 2.45) is 0 Å². The van der Waals surface area contributed by atoms with Gasteiger partial charge in [0.15, 0.2) is 11.0 Å². The Kier molecular flexibility index (Phi) is 5.18. The fourth-order valence-corrected chi connectivity index (χ4v) is 3.32. The van der Waals surface area contributed by atoms with Crippen LogP contribution in [0.3, 0.4) is 0 Å². The molecule has 1 aromatic carbocycles. The van der Waals surface area contributed by atoms with Crippen molar-refractivity contribution in [2.45, 2.75) is 44.3 Å². The van der Waals surface area contributed by atoms with E-state index in [2.05, 4.69) is 0 Å². The van der Waals surface area contributed by atoms with Gasteiger partial charge in [-0.15, -0.1) is 0 Å². The molecule has 0 aliphatic heterocycles. The van der Waals surface area contributed by atoms with E-state index in [1.165, 1.54) is 6.07 Å². The van der Waals surface area contributed by atoms with Gasteiger partial charge in [-0.3, -0.25) is 0 Å². The fraction of sp³-hybridized carbons (Fsp3) is 0.462. The summed E-state index contributed by atoms with van der Waals surface area (Å²) in [7, 11) is -5.33. The van der Waals surface area contributed by atoms with Crippen LogP contribution >= 0.6 is 0 Å². The third-order valence-corrected chi connectivity index (χ3v) is 5.04. The third-order valence-electron chi connectivity index (χ3n) is 3.56. The Bertz CT molecular complexity index is 798. The van der Waals surface area contributed by atoms with Gasteiger partial charge < -0.3 is 12.4 Å². The minimum atomic E-state index is -5.33. The van der Waals surface area contributed by atoms with E-state index in [1.807, 2.05) is 25.3 Å². The van der Waals surface area contributed by atoms with Crippen molar-refractivity contribution in [2.75, 3.05) is 0 Å². The number of aromatic nitrogens is 2. The number of nitrogens with zero attached hydrogens (tertiary/aromatic N) is 2. The zero-order chi connectivity index (χ0) is 16.0. The van der Waals surface area contributed by atoms with Gasteiger partial charge in [0.1, 0.15) is 0 Å². The van der Waals surface area contributed by atoms with E-state index in [0.29, 0.717) is 18.6 Å². The van der Waals surface area contributed by atoms with E-state index in [4.69, 9.17) is 0 Å². The van der Waals surface area contributed by atoms with Gasteiger partial charge in [-0.05, 0) is 26.0 Å². The lowest BCUT2D eigenvalue weighted by Gasteiger charge is -2.07. The van der Waals surface area contributed by atoms with E-state index in [1.54, 1.807) is 4.57 Å². The van der Waals surface area contributed by atoms with Crippen LogP contribution in [0.15, 0.2) is 23.1 Å². The van der Waals surface area contributed by atoms with Gasteiger partial charge in [-0.25, -0.2) is 17.6 Å². The van der Waals surface area contributed by atoms with Gasteiger partial charge in [0.2, 0.25) is 0 Å². The van der Waals surface area contributed by atoms with Crippen LogP contribution in [0, 0.1) is 6.92 Å². The van der Waals surface area contributed by atoms with Gasteiger partial charge in [0.25, 0.3) is 15.7 Å². The minimum absolute atomic E-state index is 0. The molecule has 2 rings (SSSR count). The quantitative estimate of drug-likeness (QED) is 0.701. The van der Waals surface area contributed by atoms with Crippen LogP contribution in [0.4, 0.5) is 13.2 Å². The number of rotatable bonds is 3. The van der Waals surface area contributed by atoms with E-state index in [-0.39, 0.29) is 12.4 Å². The molecular weight excluding hydrogens is 341 g/mol. The van der Waals surface area contributed by atoms with Crippen LogP contribution in [0.25, 0.3) is 11.0 Å². The number of fused-ring (bicyclic) bond motifs is 1. The summed E-state index contributed by atoms with van der Waals surface area (Å²) in [6.45, 7) is 6.83. The summed E-state index contributed by atoms with van der Waals surface area (Å²) in [6.07, 6.45) is 0. The first-order chi connectivity index (χ1) is 9.65. The van der Waals surface area contributed by atoms with Gasteiger partial charge >= 0.3 is 5.51 Å². The molecule has 0 saturated heterocycles. The maximum Gasteiger partial charge on any atom is 0.501 e. The molecule has 0 spiro atoms. The lowest BCUT2D eigenvalue weighted by molar-refractivity contribution is -0.674. The normalized spacial score (nSPS) is 12.5. The van der Waals surface area contributed by atoms with Crippen molar-refractivity contribution in [3.8, 4) is 0 Å². The van der Waals surface area contributed by atoms with Crippen LogP contribution in [0.2, 0.25) is 0 Å². The third kappa shape index (κ3) is 2.69. The summed E-state index contributed by atoms with van der Waals surface area (Å²) in [5.41, 5.74) is -4.08. The van der Waals surface area contributed by atoms with E-state index in [0.717, 1.165) is 23.5 Å². The average Bonchev–Trinajstić information content (AvgIpc) is 2.67. The van der Waals surface area contributed by atoms with Crippen LogP contribution < -0.4 is 17.0 Å². The van der Waals surface area contributed by atoms with Crippen molar-refractivity contribution in [1.82, 2.24) is 4.57 Å². The lowest BCUT2D eigenvalue weighted by atomic mass is 10.3. The molecule has 9 heteroatoms. The highest BCUT2D eigenvalue weighted by Gasteiger charge is 2.47. The number of imidazole rings is 1. The van der Waals surface area contributed by atoms with Crippen LogP contribution in [0.1, 0.15) is 19.7 Å². The fourth-order valence-electron chi connectivity index (χ4n) is 2.54. The lowest BCUT2D eigenvalue weighted by Crippen LogP contribution is -3.00. The predicted molar refractivity (Wildman–Crippen MR) is 71.5 cm³/mol. The molecule has 0 aliphatic carbocycles. The molecule has 1 aromatic heterocycles. The highest BCUT2D eigenvalue weighted by atomic mass is 35.5. The Morgan fingerprint density at radius 3 is 2.27 bits per heavy atom. The topological polar surface area (TPSA) is 43.0 Å². The minimum Gasteiger partial charge on any atom is -1.00 e. The number of hydrogen-bond acceptors (Lipinski definition) is 2. The second-order valence-corrected chi connectivity index (χ2v) is 6.58. The van der Waals surface area contributed by atoms with Crippen molar-refractivity contribution >= 4 is 20.9 Å². The smallest absolute Gasteiger partial charge is 0.501 e. The van der Waals surface area contributed by atoms with Crippen molar-refractivity contribution in [3.63, 3.8) is 0 Å². The standard InChI is InChI=1S/C13H16F3N2O2S.ClH/c1-4-17-9(3)18(5-2)12-8-10(6-7-11(12)17)21(19,20)13(14,15)16;/h6-8H,4-5H2,1-3H3;1H/q+1;/p-1. The van der Waals surface area contributed by atoms with E-state index >= 15 is 0 Å². The van der Waals surface area contributed by atoms with Crippen molar-refractivity contribution in [3.05, 3.63) is 24.0 Å². The summed E-state index contributed by atoms with van der Waals surface area (Å²) in [5, 5.41) is 0. The molecule has 2 aromatic rings. The second kappa shape index (κ2) is 6.08. The first-order valence-electron chi connectivity index (χ1n) is 6.49. The highest BCUT2D eigenvalue weighted by molar-refractivity contribution is 7.92. The van der Waals surface area contributed by atoms with Gasteiger partial charge in [0, 0.05) is 13.0 Å². The highest BCUT2D eigenvalue weighted by Crippen LogP contribution is 2.31. The molecule has 0 fully saturated rings. The summed E-state index contributed by atoms with van der Waals surface area (Å²) in [6, 6.07) is 3.54. The Morgan fingerprint density at radius 1 is 1.23 bits per heavy atom. The van der Waals surface area contributed by atoms with Crippen molar-refractivity contribution in [1.29, 1.82) is 0 Å². The number of hydrogen-bond donors (Lipinski definition) is 0. The summed E-state index contributed by atoms with van der Waals surface area (Å²) in [5.74, 6) is 0.872.